The Morgan fingerprint density at radius 3 is 2.02 bits per heavy atom. The van der Waals surface area contributed by atoms with Crippen LogP contribution in [0.1, 0.15) is 42.9 Å². The number of nitrogens with one attached hydrogen (secondary N) is 1. The minimum absolute atomic E-state index is 0.147. The zero-order valence-corrected chi connectivity index (χ0v) is 26.3. The van der Waals surface area contributed by atoms with E-state index in [1.54, 1.807) is 9.80 Å². The molecule has 45 heavy (non-hydrogen) atoms. The van der Waals surface area contributed by atoms with E-state index in [-0.39, 0.29) is 35.1 Å². The number of rotatable bonds is 7. The van der Waals surface area contributed by atoms with Crippen molar-refractivity contribution >= 4 is 35.4 Å². The number of likely N-dealkylation sites (tertiary alicyclic amines) is 2. The molecule has 2 atom stereocenters. The third-order valence-electron chi connectivity index (χ3n) is 7.47. The minimum Gasteiger partial charge on any atom is -0.445 e. The highest BCUT2D eigenvalue weighted by molar-refractivity contribution is 6.32. The van der Waals surface area contributed by atoms with Gasteiger partial charge in [0.2, 0.25) is 0 Å². The lowest BCUT2D eigenvalue weighted by Gasteiger charge is -2.33. The Kier molecular flexibility index (Phi) is 13.1. The molecule has 0 aliphatic carbocycles. The Bertz CT molecular complexity index is 1500. The monoisotopic (exact) mass is 654 g/mol. The quantitative estimate of drug-likeness (QED) is 0.334. The van der Waals surface area contributed by atoms with E-state index in [4.69, 9.17) is 37.9 Å². The van der Waals surface area contributed by atoms with Crippen molar-refractivity contribution in [2.75, 3.05) is 32.7 Å². The van der Waals surface area contributed by atoms with E-state index in [0.29, 0.717) is 32.8 Å². The lowest BCUT2D eigenvalue weighted by atomic mass is 10.1. The summed E-state index contributed by atoms with van der Waals surface area (Å²) in [6.07, 6.45) is 4.21. The Labute approximate surface area is 272 Å². The first-order valence-corrected chi connectivity index (χ1v) is 15.6. The molecule has 2 unspecified atom stereocenters. The number of hydrogen-bond acceptors (Lipinski definition) is 8. The fourth-order valence-corrected chi connectivity index (χ4v) is 5.61. The van der Waals surface area contributed by atoms with Crippen LogP contribution in [0.2, 0.25) is 10.3 Å². The smallest absolute Gasteiger partial charge is 0.410 e. The molecule has 2 saturated heterocycles. The van der Waals surface area contributed by atoms with Gasteiger partial charge >= 0.3 is 12.2 Å². The Morgan fingerprint density at radius 2 is 1.44 bits per heavy atom. The third kappa shape index (κ3) is 10.5. The van der Waals surface area contributed by atoms with Crippen LogP contribution in [-0.4, -0.2) is 70.3 Å². The van der Waals surface area contributed by atoms with Crippen LogP contribution in [0.3, 0.4) is 0 Å². The van der Waals surface area contributed by atoms with Crippen molar-refractivity contribution in [3.63, 3.8) is 0 Å². The van der Waals surface area contributed by atoms with Gasteiger partial charge in [-0.05, 0) is 36.8 Å². The van der Waals surface area contributed by atoms with Gasteiger partial charge in [0.25, 0.3) is 5.56 Å². The van der Waals surface area contributed by atoms with E-state index in [2.05, 4.69) is 16.4 Å². The van der Waals surface area contributed by atoms with Crippen molar-refractivity contribution in [1.29, 1.82) is 5.26 Å². The molecule has 0 bridgehead atoms. The van der Waals surface area contributed by atoms with E-state index in [0.717, 1.165) is 43.4 Å². The molecule has 2 aromatic carbocycles. The molecular weight excluding hydrogens is 619 g/mol. The number of carbonyl (C=O) groups excluding carboxylic acids is 2. The molecule has 11 nitrogen and oxygen atoms in total. The predicted octanol–water partition coefficient (Wildman–Crippen LogP) is 5.42. The van der Waals surface area contributed by atoms with Gasteiger partial charge in [0.15, 0.2) is 5.15 Å². The molecule has 238 valence electrons. The molecule has 0 saturated carbocycles. The van der Waals surface area contributed by atoms with Crippen molar-refractivity contribution in [3.8, 4) is 6.07 Å². The topological polar surface area (TPSA) is 130 Å². The van der Waals surface area contributed by atoms with Gasteiger partial charge in [-0.1, -0.05) is 83.9 Å². The summed E-state index contributed by atoms with van der Waals surface area (Å²) in [5.74, 6) is 0. The Morgan fingerprint density at radius 1 is 0.889 bits per heavy atom. The van der Waals surface area contributed by atoms with Gasteiger partial charge < -0.3 is 23.8 Å². The number of amides is 2. The maximum atomic E-state index is 12.3. The molecule has 3 aromatic rings. The summed E-state index contributed by atoms with van der Waals surface area (Å²) < 4.78 is 12.1. The number of halogens is 2. The zero-order chi connectivity index (χ0) is 32.0. The average Bonchev–Trinajstić information content (AvgIpc) is 3.08. The fraction of sp³-hybridized carbons (Fsp3) is 0.406. The number of benzene rings is 2. The minimum atomic E-state index is -0.407. The molecule has 2 aliphatic heterocycles. The second-order valence-electron chi connectivity index (χ2n) is 10.7. The normalized spacial score (nSPS) is 17.8. The van der Waals surface area contributed by atoms with Crippen LogP contribution < -0.4 is 10.9 Å². The van der Waals surface area contributed by atoms with Crippen LogP contribution >= 0.6 is 23.2 Å². The molecule has 0 spiro atoms. The zero-order valence-electron chi connectivity index (χ0n) is 24.8. The Hall–Kier alpha value is -4.11. The maximum absolute atomic E-state index is 12.3. The van der Waals surface area contributed by atoms with E-state index in [9.17, 15) is 14.4 Å². The lowest BCUT2D eigenvalue weighted by Crippen LogP contribution is -2.48. The van der Waals surface area contributed by atoms with Gasteiger partial charge in [0.05, 0.1) is 18.7 Å². The van der Waals surface area contributed by atoms with E-state index < -0.39 is 11.7 Å². The summed E-state index contributed by atoms with van der Waals surface area (Å²) in [6, 6.07) is 21.2. The van der Waals surface area contributed by atoms with Gasteiger partial charge in [-0.15, -0.1) is 0 Å². The molecule has 1 aromatic heterocycles. The van der Waals surface area contributed by atoms with Crippen LogP contribution in [0.5, 0.6) is 0 Å². The third-order valence-corrected chi connectivity index (χ3v) is 7.90. The van der Waals surface area contributed by atoms with E-state index >= 15 is 0 Å². The molecule has 13 heteroatoms. The van der Waals surface area contributed by atoms with Gasteiger partial charge in [-0.2, -0.15) is 5.26 Å². The lowest BCUT2D eigenvalue weighted by molar-refractivity contribution is 0.0797. The largest absolute Gasteiger partial charge is 0.445 e. The number of carbonyl (C=O) groups is 2. The number of aromatic nitrogens is 2. The molecule has 2 fully saturated rings. The highest BCUT2D eigenvalue weighted by atomic mass is 35.5. The first kappa shape index (κ1) is 33.8. The van der Waals surface area contributed by atoms with Crippen molar-refractivity contribution in [2.24, 2.45) is 0 Å². The fourth-order valence-electron chi connectivity index (χ4n) is 5.19. The van der Waals surface area contributed by atoms with Crippen molar-refractivity contribution in [1.82, 2.24) is 24.7 Å². The van der Waals surface area contributed by atoms with Crippen LogP contribution in [0.15, 0.2) is 71.7 Å². The van der Waals surface area contributed by atoms with Crippen LogP contribution in [0.25, 0.3) is 0 Å². The molecule has 1 N–H and O–H groups in total. The summed E-state index contributed by atoms with van der Waals surface area (Å²) in [5.41, 5.74) is 1.50. The summed E-state index contributed by atoms with van der Waals surface area (Å²) in [7, 11) is 0. The first-order valence-electron chi connectivity index (χ1n) is 14.8. The summed E-state index contributed by atoms with van der Waals surface area (Å²) in [6.45, 7) is 3.11. The number of ether oxygens (including phenoxy) is 2. The van der Waals surface area contributed by atoms with Gasteiger partial charge in [-0.3, -0.25) is 10.1 Å². The molecule has 2 amide bonds. The molecule has 2 aliphatic rings. The molecular formula is C32H36Cl2N6O5. The second kappa shape index (κ2) is 17.4. The number of piperidine rings is 2. The number of nitrogens with zero attached hydrogens (tertiary/aromatic N) is 5. The first-order chi connectivity index (χ1) is 21.8. The standard InChI is InChI=1S/C17H17Cl2N3O3.C15H19N3O2/c18-14-10-22(16(23)15(19)20-14)13-7-4-8-21(9-13)17(24)25-11-12-5-2-1-3-6-12;16-8-9-17-14-7-4-10-18(11-14)15(19)20-12-13-5-2-1-3-6-13/h1-3,5-6,10,13H,4,7-9,11H2;1-3,5-6,14,17H,4,7,9-12H2. The predicted molar refractivity (Wildman–Crippen MR) is 170 cm³/mol. The second-order valence-corrected chi connectivity index (χ2v) is 11.5. The molecule has 0 radical (unpaired) electrons. The maximum Gasteiger partial charge on any atom is 0.410 e. The van der Waals surface area contributed by atoms with Crippen molar-refractivity contribution in [3.05, 3.63) is 98.6 Å². The number of hydrogen-bond donors (Lipinski definition) is 1. The van der Waals surface area contributed by atoms with Gasteiger partial charge in [-0.25, -0.2) is 14.6 Å². The van der Waals surface area contributed by atoms with Crippen LogP contribution in [0.4, 0.5) is 9.59 Å². The van der Waals surface area contributed by atoms with Gasteiger partial charge in [0, 0.05) is 38.4 Å². The SMILES string of the molecule is N#CCNC1CCCN(C(=O)OCc2ccccc2)C1.O=C(OCc1ccccc1)N1CCCC(n2cc(Cl)nc(Cl)c2=O)C1. The highest BCUT2D eigenvalue weighted by Gasteiger charge is 2.27. The summed E-state index contributed by atoms with van der Waals surface area (Å²) in [4.78, 5) is 43.6. The average molecular weight is 656 g/mol. The Balaban J connectivity index is 0.000000210. The summed E-state index contributed by atoms with van der Waals surface area (Å²) in [5, 5.41) is 11.7. The highest BCUT2D eigenvalue weighted by Crippen LogP contribution is 2.22. The van der Waals surface area contributed by atoms with Crippen molar-refractivity contribution < 1.29 is 19.1 Å². The van der Waals surface area contributed by atoms with Crippen LogP contribution in [-0.2, 0) is 22.7 Å². The van der Waals surface area contributed by atoms with E-state index in [1.165, 1.54) is 10.8 Å². The van der Waals surface area contributed by atoms with Crippen molar-refractivity contribution in [2.45, 2.75) is 51.0 Å². The molecule has 5 rings (SSSR count). The number of nitriles is 1. The summed E-state index contributed by atoms with van der Waals surface area (Å²) >= 11 is 11.7. The molecule has 3 heterocycles. The van der Waals surface area contributed by atoms with Gasteiger partial charge in [0.1, 0.15) is 18.4 Å². The van der Waals surface area contributed by atoms with Crippen LogP contribution in [0, 0.1) is 11.3 Å². The van der Waals surface area contributed by atoms with E-state index in [1.807, 2.05) is 60.7 Å².